The van der Waals surface area contributed by atoms with Crippen molar-refractivity contribution in [2.24, 2.45) is 4.99 Å². The molecule has 6 nitrogen and oxygen atoms in total. The first-order valence-electron chi connectivity index (χ1n) is 9.69. The van der Waals surface area contributed by atoms with E-state index in [1.807, 2.05) is 55.5 Å². The van der Waals surface area contributed by atoms with Crippen molar-refractivity contribution in [1.29, 1.82) is 0 Å². The average Bonchev–Trinajstić information content (AvgIpc) is 3.18. The van der Waals surface area contributed by atoms with E-state index >= 15 is 0 Å². The molecule has 2 aliphatic rings. The van der Waals surface area contributed by atoms with Crippen LogP contribution >= 0.6 is 11.8 Å². The summed E-state index contributed by atoms with van der Waals surface area (Å²) >= 11 is 1.59. The lowest BCUT2D eigenvalue weighted by Gasteiger charge is -2.33. The normalized spacial score (nSPS) is 20.0. The molecule has 0 N–H and O–H groups in total. The number of aliphatic imine (C=N–C) groups is 1. The molecule has 1 saturated heterocycles. The Hall–Kier alpha value is -2.80. The molecule has 4 rings (SSSR count). The minimum Gasteiger partial charge on any atom is -0.479 e. The van der Waals surface area contributed by atoms with Crippen molar-refractivity contribution < 1.29 is 14.3 Å². The molecule has 2 amide bonds. The molecule has 0 aromatic heterocycles. The van der Waals surface area contributed by atoms with Gasteiger partial charge in [0.05, 0.1) is 11.4 Å². The Morgan fingerprint density at radius 1 is 1.21 bits per heavy atom. The van der Waals surface area contributed by atoms with Gasteiger partial charge < -0.3 is 9.64 Å². The maximum Gasteiger partial charge on any atom is 0.267 e. The second-order valence-electron chi connectivity index (χ2n) is 7.04. The fourth-order valence-electron chi connectivity index (χ4n) is 3.45. The third-order valence-corrected chi connectivity index (χ3v) is 5.99. The third-order valence-electron chi connectivity index (χ3n) is 5.03. The molecule has 2 aromatic carbocycles. The number of rotatable bonds is 4. The summed E-state index contributed by atoms with van der Waals surface area (Å²) in [5.74, 6) is 1.35. The van der Waals surface area contributed by atoms with Gasteiger partial charge >= 0.3 is 0 Å². The molecule has 1 unspecified atom stereocenters. The van der Waals surface area contributed by atoms with Crippen LogP contribution < -0.4 is 9.64 Å². The molecule has 0 bridgehead atoms. The minimum atomic E-state index is -0.555. The fourth-order valence-corrected chi connectivity index (χ4v) is 4.42. The number of anilines is 1. The number of benzene rings is 2. The molecule has 1 fully saturated rings. The van der Waals surface area contributed by atoms with E-state index in [1.165, 1.54) is 0 Å². The number of carbonyl (C=O) groups is 2. The Morgan fingerprint density at radius 2 is 1.97 bits per heavy atom. The summed E-state index contributed by atoms with van der Waals surface area (Å²) in [4.78, 5) is 33.6. The first-order chi connectivity index (χ1) is 14.0. The van der Waals surface area contributed by atoms with Crippen molar-refractivity contribution in [2.75, 3.05) is 23.7 Å². The van der Waals surface area contributed by atoms with E-state index in [-0.39, 0.29) is 18.2 Å². The van der Waals surface area contributed by atoms with Crippen LogP contribution in [0.3, 0.4) is 0 Å². The van der Waals surface area contributed by atoms with Gasteiger partial charge in [-0.1, -0.05) is 42.1 Å². The smallest absolute Gasteiger partial charge is 0.267 e. The zero-order chi connectivity index (χ0) is 20.4. The molecule has 0 aliphatic carbocycles. The number of nitrogens with zero attached hydrogens (tertiary/aromatic N) is 3. The number of amidine groups is 1. The first kappa shape index (κ1) is 19.5. The Morgan fingerprint density at radius 3 is 2.79 bits per heavy atom. The maximum atomic E-state index is 12.9. The van der Waals surface area contributed by atoms with Crippen molar-refractivity contribution in [3.8, 4) is 5.75 Å². The van der Waals surface area contributed by atoms with E-state index < -0.39 is 6.10 Å². The second kappa shape index (κ2) is 8.29. The average molecular weight is 410 g/mol. The Balaban J connectivity index is 1.48. The Bertz CT molecular complexity index is 975. The van der Waals surface area contributed by atoms with Crippen molar-refractivity contribution in [1.82, 2.24) is 4.90 Å². The summed E-state index contributed by atoms with van der Waals surface area (Å²) in [6.45, 7) is 4.70. The Labute approximate surface area is 174 Å². The van der Waals surface area contributed by atoms with E-state index in [2.05, 4.69) is 0 Å². The van der Waals surface area contributed by atoms with Crippen LogP contribution in [0.2, 0.25) is 0 Å². The fraction of sp³-hybridized carbons (Fsp3) is 0.318. The zero-order valence-electron chi connectivity index (χ0n) is 16.5. The minimum absolute atomic E-state index is 0.0215. The van der Waals surface area contributed by atoms with Crippen LogP contribution in [-0.4, -0.2) is 46.8 Å². The molecule has 0 spiro atoms. The monoisotopic (exact) mass is 409 g/mol. The second-order valence-corrected chi connectivity index (χ2v) is 8.10. The molecule has 2 aromatic rings. The lowest BCUT2D eigenvalue weighted by Crippen LogP contribution is -2.46. The van der Waals surface area contributed by atoms with Crippen LogP contribution in [0.15, 0.2) is 53.5 Å². The number of thioether (sulfide) groups is 1. The van der Waals surface area contributed by atoms with Crippen LogP contribution in [0.1, 0.15) is 18.9 Å². The number of hydrogen-bond donors (Lipinski definition) is 0. The van der Waals surface area contributed by atoms with Crippen molar-refractivity contribution >= 4 is 40.1 Å². The van der Waals surface area contributed by atoms with Gasteiger partial charge in [0.2, 0.25) is 5.91 Å². The van der Waals surface area contributed by atoms with Crippen molar-refractivity contribution in [3.05, 3.63) is 54.1 Å². The predicted octanol–water partition coefficient (Wildman–Crippen LogP) is 3.76. The highest BCUT2D eigenvalue weighted by Gasteiger charge is 2.32. The van der Waals surface area contributed by atoms with E-state index in [0.29, 0.717) is 24.5 Å². The summed E-state index contributed by atoms with van der Waals surface area (Å²) in [7, 11) is 0. The summed E-state index contributed by atoms with van der Waals surface area (Å²) in [6.07, 6.45) is -0.319. The topological polar surface area (TPSA) is 62.2 Å². The molecule has 2 heterocycles. The molecule has 0 saturated carbocycles. The van der Waals surface area contributed by atoms with E-state index in [0.717, 1.165) is 22.2 Å². The van der Waals surface area contributed by atoms with Gasteiger partial charge in [0.25, 0.3) is 5.91 Å². The highest BCUT2D eigenvalue weighted by Crippen LogP contribution is 2.34. The van der Waals surface area contributed by atoms with Crippen LogP contribution in [0.25, 0.3) is 0 Å². The number of hydrogen-bond acceptors (Lipinski definition) is 5. The van der Waals surface area contributed by atoms with Crippen LogP contribution in [0, 0.1) is 6.92 Å². The highest BCUT2D eigenvalue weighted by atomic mass is 32.2. The van der Waals surface area contributed by atoms with Crippen LogP contribution in [0.5, 0.6) is 5.75 Å². The largest absolute Gasteiger partial charge is 0.479 e. The number of amides is 2. The lowest BCUT2D eigenvalue weighted by molar-refractivity contribution is -0.127. The van der Waals surface area contributed by atoms with Gasteiger partial charge in [-0.15, -0.1) is 0 Å². The molecular weight excluding hydrogens is 386 g/mol. The van der Waals surface area contributed by atoms with Gasteiger partial charge in [0, 0.05) is 25.3 Å². The molecule has 0 radical (unpaired) electrons. The predicted molar refractivity (Wildman–Crippen MR) is 116 cm³/mol. The first-order valence-corrected chi connectivity index (χ1v) is 10.7. The number of aryl methyl sites for hydroxylation is 1. The standard InChI is InChI=1S/C22H23N3O3S/c1-15-7-3-4-8-17(15)23-22-25(13-14-29-22)20(26)11-12-24-18-9-5-6-10-19(18)28-16(2)21(24)27/h3-10,16H,11-14H2,1-2H3. The van der Waals surface area contributed by atoms with Gasteiger partial charge in [-0.2, -0.15) is 0 Å². The maximum absolute atomic E-state index is 12.9. The van der Waals surface area contributed by atoms with E-state index in [4.69, 9.17) is 9.73 Å². The van der Waals surface area contributed by atoms with E-state index in [1.54, 1.807) is 28.5 Å². The highest BCUT2D eigenvalue weighted by molar-refractivity contribution is 8.14. The molecule has 150 valence electrons. The zero-order valence-corrected chi connectivity index (χ0v) is 17.3. The van der Waals surface area contributed by atoms with Gasteiger partial charge in [-0.25, -0.2) is 4.99 Å². The van der Waals surface area contributed by atoms with Crippen LogP contribution in [0.4, 0.5) is 11.4 Å². The summed E-state index contributed by atoms with van der Waals surface area (Å²) < 4.78 is 5.67. The quantitative estimate of drug-likeness (QED) is 0.771. The van der Waals surface area contributed by atoms with E-state index in [9.17, 15) is 9.59 Å². The SMILES string of the molecule is Cc1ccccc1N=C1SCCN1C(=O)CCN1C(=O)C(C)Oc2ccccc21. The number of para-hydroxylation sites is 3. The third kappa shape index (κ3) is 4.00. The number of carbonyl (C=O) groups excluding carboxylic acids is 2. The summed E-state index contributed by atoms with van der Waals surface area (Å²) in [5, 5.41) is 0.728. The molecular formula is C22H23N3O3S. The summed E-state index contributed by atoms with van der Waals surface area (Å²) in [5.41, 5.74) is 2.67. The van der Waals surface area contributed by atoms with Crippen molar-refractivity contribution in [2.45, 2.75) is 26.4 Å². The Kier molecular flexibility index (Phi) is 5.58. The number of fused-ring (bicyclic) bond motifs is 1. The van der Waals surface area contributed by atoms with Crippen molar-refractivity contribution in [3.63, 3.8) is 0 Å². The number of ether oxygens (including phenoxy) is 1. The molecule has 1 atom stereocenters. The lowest BCUT2D eigenvalue weighted by atomic mass is 10.1. The summed E-state index contributed by atoms with van der Waals surface area (Å²) in [6, 6.07) is 15.3. The molecule has 2 aliphatic heterocycles. The van der Waals surface area contributed by atoms with Gasteiger partial charge in [-0.3, -0.25) is 14.5 Å². The van der Waals surface area contributed by atoms with Crippen LogP contribution in [-0.2, 0) is 9.59 Å². The van der Waals surface area contributed by atoms with Gasteiger partial charge in [0.15, 0.2) is 11.3 Å². The molecule has 29 heavy (non-hydrogen) atoms. The molecule has 7 heteroatoms. The van der Waals surface area contributed by atoms with Gasteiger partial charge in [-0.05, 0) is 37.6 Å². The van der Waals surface area contributed by atoms with Gasteiger partial charge in [0.1, 0.15) is 5.75 Å².